The van der Waals surface area contributed by atoms with Crippen LogP contribution in [0.15, 0.2) is 36.7 Å². The number of rotatable bonds is 5. The van der Waals surface area contributed by atoms with Gasteiger partial charge < -0.3 is 10.1 Å². The van der Waals surface area contributed by atoms with Crippen LogP contribution in [0.1, 0.15) is 24.1 Å². The molecule has 1 N–H and O–H groups in total. The van der Waals surface area contributed by atoms with Gasteiger partial charge in [-0.15, -0.1) is 0 Å². The second kappa shape index (κ2) is 6.68. The average Bonchev–Trinajstić information content (AvgIpc) is 2.45. The number of methoxy groups -OCH3 is 1. The Morgan fingerprint density at radius 2 is 2.10 bits per heavy atom. The van der Waals surface area contributed by atoms with Crippen LogP contribution in [0.2, 0.25) is 5.02 Å². The van der Waals surface area contributed by atoms with Gasteiger partial charge in [-0.1, -0.05) is 24.6 Å². The first-order chi connectivity index (χ1) is 9.65. The number of halogens is 2. The van der Waals surface area contributed by atoms with E-state index < -0.39 is 0 Å². The SMILES string of the molecule is CCNC(c1cncc(F)c1)c1ccc(Cl)c(OC)c1. The van der Waals surface area contributed by atoms with Gasteiger partial charge in [0.05, 0.1) is 24.4 Å². The van der Waals surface area contributed by atoms with Crippen molar-refractivity contribution in [2.45, 2.75) is 13.0 Å². The summed E-state index contributed by atoms with van der Waals surface area (Å²) in [5, 5.41) is 3.85. The van der Waals surface area contributed by atoms with Gasteiger partial charge in [-0.05, 0) is 35.9 Å². The molecular formula is C15H16ClFN2O. The molecule has 2 aromatic rings. The zero-order valence-corrected chi connectivity index (χ0v) is 12.1. The summed E-state index contributed by atoms with van der Waals surface area (Å²) < 4.78 is 18.6. The first-order valence-corrected chi connectivity index (χ1v) is 6.70. The number of nitrogens with zero attached hydrogens (tertiary/aromatic N) is 1. The molecule has 1 aromatic heterocycles. The monoisotopic (exact) mass is 294 g/mol. The molecule has 1 unspecified atom stereocenters. The van der Waals surface area contributed by atoms with Crippen LogP contribution in [0, 0.1) is 5.82 Å². The summed E-state index contributed by atoms with van der Waals surface area (Å²) in [7, 11) is 1.57. The van der Waals surface area contributed by atoms with E-state index in [4.69, 9.17) is 16.3 Å². The topological polar surface area (TPSA) is 34.2 Å². The molecule has 1 aromatic carbocycles. The predicted octanol–water partition coefficient (Wildman–Crippen LogP) is 3.58. The molecule has 0 aliphatic carbocycles. The molecule has 0 aliphatic rings. The van der Waals surface area contributed by atoms with Crippen molar-refractivity contribution < 1.29 is 9.13 Å². The van der Waals surface area contributed by atoms with Gasteiger partial charge in [0.25, 0.3) is 0 Å². The Bertz CT molecular complexity index is 592. The van der Waals surface area contributed by atoms with E-state index in [1.54, 1.807) is 19.4 Å². The Balaban J connectivity index is 2.42. The van der Waals surface area contributed by atoms with Crippen molar-refractivity contribution in [3.05, 3.63) is 58.6 Å². The number of pyridine rings is 1. The van der Waals surface area contributed by atoms with E-state index in [0.717, 1.165) is 17.7 Å². The van der Waals surface area contributed by atoms with Gasteiger partial charge in [-0.3, -0.25) is 4.98 Å². The maximum Gasteiger partial charge on any atom is 0.141 e. The van der Waals surface area contributed by atoms with Crippen molar-refractivity contribution >= 4 is 11.6 Å². The van der Waals surface area contributed by atoms with Crippen molar-refractivity contribution in [2.24, 2.45) is 0 Å². The molecule has 1 heterocycles. The Hall–Kier alpha value is -1.65. The molecular weight excluding hydrogens is 279 g/mol. The van der Waals surface area contributed by atoms with Crippen molar-refractivity contribution in [3.8, 4) is 5.75 Å². The second-order valence-corrected chi connectivity index (χ2v) is 4.73. The van der Waals surface area contributed by atoms with Crippen molar-refractivity contribution in [2.75, 3.05) is 13.7 Å². The van der Waals surface area contributed by atoms with Crippen molar-refractivity contribution in [1.82, 2.24) is 10.3 Å². The van der Waals surface area contributed by atoms with Gasteiger partial charge in [-0.2, -0.15) is 0 Å². The van der Waals surface area contributed by atoms with Gasteiger partial charge in [-0.25, -0.2) is 4.39 Å². The minimum atomic E-state index is -0.355. The number of hydrogen-bond acceptors (Lipinski definition) is 3. The summed E-state index contributed by atoms with van der Waals surface area (Å²) in [6, 6.07) is 6.83. The fraction of sp³-hybridized carbons (Fsp3) is 0.267. The molecule has 1 atom stereocenters. The molecule has 5 heteroatoms. The quantitative estimate of drug-likeness (QED) is 0.915. The fourth-order valence-electron chi connectivity index (χ4n) is 2.07. The first-order valence-electron chi connectivity index (χ1n) is 6.33. The van der Waals surface area contributed by atoms with Gasteiger partial charge in [0, 0.05) is 6.20 Å². The standard InChI is InChI=1S/C15H16ClFN2O/c1-3-19-15(11-6-12(17)9-18-8-11)10-4-5-13(16)14(7-10)20-2/h4-9,15,19H,3H2,1-2H3. The molecule has 0 bridgehead atoms. The minimum absolute atomic E-state index is 0.158. The maximum atomic E-state index is 13.4. The number of hydrogen-bond donors (Lipinski definition) is 1. The fourth-order valence-corrected chi connectivity index (χ4v) is 2.27. The summed E-state index contributed by atoms with van der Waals surface area (Å²) in [5.74, 6) is 0.239. The Kier molecular flexibility index (Phi) is 4.93. The third-order valence-electron chi connectivity index (χ3n) is 2.98. The summed E-state index contributed by atoms with van der Waals surface area (Å²) >= 11 is 6.03. The molecule has 0 saturated carbocycles. The number of nitrogens with one attached hydrogen (secondary N) is 1. The van der Waals surface area contributed by atoms with E-state index in [9.17, 15) is 4.39 Å². The lowest BCUT2D eigenvalue weighted by atomic mass is 10.00. The summed E-state index contributed by atoms with van der Waals surface area (Å²) in [6.45, 7) is 2.74. The zero-order valence-electron chi connectivity index (χ0n) is 11.4. The molecule has 0 fully saturated rings. The van der Waals surface area contributed by atoms with E-state index in [1.807, 2.05) is 19.1 Å². The smallest absolute Gasteiger partial charge is 0.141 e. The highest BCUT2D eigenvalue weighted by atomic mass is 35.5. The molecule has 0 amide bonds. The van der Waals surface area contributed by atoms with Crippen LogP contribution in [-0.2, 0) is 0 Å². The van der Waals surface area contributed by atoms with E-state index in [-0.39, 0.29) is 11.9 Å². The minimum Gasteiger partial charge on any atom is -0.495 e. The third-order valence-corrected chi connectivity index (χ3v) is 3.29. The summed E-state index contributed by atoms with van der Waals surface area (Å²) in [6.07, 6.45) is 2.84. The maximum absolute atomic E-state index is 13.4. The van der Waals surface area contributed by atoms with Crippen LogP contribution in [0.25, 0.3) is 0 Å². The van der Waals surface area contributed by atoms with E-state index in [1.165, 1.54) is 12.3 Å². The van der Waals surface area contributed by atoms with Crippen LogP contribution in [0.5, 0.6) is 5.75 Å². The molecule has 0 spiro atoms. The number of benzene rings is 1. The zero-order chi connectivity index (χ0) is 14.5. The summed E-state index contributed by atoms with van der Waals surface area (Å²) in [5.41, 5.74) is 1.71. The highest BCUT2D eigenvalue weighted by molar-refractivity contribution is 6.32. The Morgan fingerprint density at radius 3 is 2.75 bits per heavy atom. The average molecular weight is 295 g/mol. The third kappa shape index (κ3) is 3.26. The molecule has 2 rings (SSSR count). The van der Waals surface area contributed by atoms with Crippen LogP contribution < -0.4 is 10.1 Å². The summed E-state index contributed by atoms with van der Waals surface area (Å²) in [4.78, 5) is 3.90. The largest absolute Gasteiger partial charge is 0.495 e. The molecule has 106 valence electrons. The van der Waals surface area contributed by atoms with Crippen LogP contribution in [-0.4, -0.2) is 18.6 Å². The van der Waals surface area contributed by atoms with Gasteiger partial charge in [0.2, 0.25) is 0 Å². The highest BCUT2D eigenvalue weighted by Crippen LogP contribution is 2.30. The highest BCUT2D eigenvalue weighted by Gasteiger charge is 2.15. The van der Waals surface area contributed by atoms with Crippen LogP contribution in [0.4, 0.5) is 4.39 Å². The van der Waals surface area contributed by atoms with Gasteiger partial charge >= 0.3 is 0 Å². The lowest BCUT2D eigenvalue weighted by molar-refractivity contribution is 0.414. The predicted molar refractivity (Wildman–Crippen MR) is 77.7 cm³/mol. The van der Waals surface area contributed by atoms with E-state index in [2.05, 4.69) is 10.3 Å². The van der Waals surface area contributed by atoms with Crippen LogP contribution in [0.3, 0.4) is 0 Å². The van der Waals surface area contributed by atoms with Crippen molar-refractivity contribution in [3.63, 3.8) is 0 Å². The Labute approximate surface area is 122 Å². The second-order valence-electron chi connectivity index (χ2n) is 4.32. The van der Waals surface area contributed by atoms with E-state index in [0.29, 0.717) is 10.8 Å². The van der Waals surface area contributed by atoms with Crippen molar-refractivity contribution in [1.29, 1.82) is 0 Å². The normalized spacial score (nSPS) is 12.2. The van der Waals surface area contributed by atoms with Crippen LogP contribution >= 0.6 is 11.6 Å². The number of ether oxygens (including phenoxy) is 1. The molecule has 20 heavy (non-hydrogen) atoms. The Morgan fingerprint density at radius 1 is 1.30 bits per heavy atom. The molecule has 3 nitrogen and oxygen atoms in total. The molecule has 0 aliphatic heterocycles. The lowest BCUT2D eigenvalue weighted by Crippen LogP contribution is -2.22. The van der Waals surface area contributed by atoms with Gasteiger partial charge in [0.15, 0.2) is 0 Å². The van der Waals surface area contributed by atoms with E-state index >= 15 is 0 Å². The van der Waals surface area contributed by atoms with Gasteiger partial charge in [0.1, 0.15) is 11.6 Å². The molecule has 0 saturated heterocycles. The first kappa shape index (κ1) is 14.8. The molecule has 0 radical (unpaired) electrons. The number of aromatic nitrogens is 1. The lowest BCUT2D eigenvalue weighted by Gasteiger charge is -2.19.